The monoisotopic (exact) mass is 216 g/mol. The van der Waals surface area contributed by atoms with Crippen molar-refractivity contribution in [2.45, 2.75) is 38.7 Å². The van der Waals surface area contributed by atoms with Gasteiger partial charge in [-0.25, -0.2) is 13.8 Å². The van der Waals surface area contributed by atoms with Crippen LogP contribution in [0.25, 0.3) is 0 Å². The predicted octanol–water partition coefficient (Wildman–Crippen LogP) is 2.22. The van der Waals surface area contributed by atoms with Crippen LogP contribution in [0.1, 0.15) is 36.6 Å². The molecule has 0 amide bonds. The summed E-state index contributed by atoms with van der Waals surface area (Å²) >= 11 is 0. The van der Waals surface area contributed by atoms with Crippen molar-refractivity contribution in [3.63, 3.8) is 0 Å². The Bertz CT molecular complexity index is 332. The Morgan fingerprint density at radius 2 is 2.40 bits per heavy atom. The molecule has 1 aromatic rings. The summed E-state index contributed by atoms with van der Waals surface area (Å²) in [5.41, 5.74) is 0.304. The van der Waals surface area contributed by atoms with E-state index in [1.807, 2.05) is 0 Å². The first-order valence-corrected chi connectivity index (χ1v) is 5.14. The molecular weight excluding hydrogens is 202 g/mol. The minimum absolute atomic E-state index is 0.289. The number of hydrogen-bond donors (Lipinski definition) is 1. The van der Waals surface area contributed by atoms with E-state index in [2.05, 4.69) is 10.3 Å². The zero-order chi connectivity index (χ0) is 10.8. The zero-order valence-corrected chi connectivity index (χ0v) is 8.59. The maximum Gasteiger partial charge on any atom is 0.297 e. The molecule has 1 saturated heterocycles. The Balaban J connectivity index is 2.05. The van der Waals surface area contributed by atoms with Crippen LogP contribution in [0.2, 0.25) is 0 Å². The van der Waals surface area contributed by atoms with Crippen molar-refractivity contribution in [2.24, 2.45) is 0 Å². The second-order valence-corrected chi connectivity index (χ2v) is 3.86. The second kappa shape index (κ2) is 4.26. The molecule has 1 aliphatic heterocycles. The average molecular weight is 216 g/mol. The number of aromatic nitrogens is 1. The summed E-state index contributed by atoms with van der Waals surface area (Å²) in [6.45, 7) is 2.54. The maximum absolute atomic E-state index is 12.4. The quantitative estimate of drug-likeness (QED) is 0.841. The van der Waals surface area contributed by atoms with Crippen LogP contribution in [0.3, 0.4) is 0 Å². The van der Waals surface area contributed by atoms with Crippen LogP contribution in [0, 0.1) is 6.92 Å². The van der Waals surface area contributed by atoms with Crippen LogP contribution in [-0.4, -0.2) is 17.6 Å². The molecule has 0 bridgehead atoms. The Kier molecular flexibility index (Phi) is 3.00. The molecule has 0 saturated carbocycles. The average Bonchev–Trinajstić information content (AvgIpc) is 2.75. The van der Waals surface area contributed by atoms with E-state index < -0.39 is 6.43 Å². The largest absolute Gasteiger partial charge is 0.439 e. The number of hydrogen-bond acceptors (Lipinski definition) is 3. The second-order valence-electron chi connectivity index (χ2n) is 3.86. The third-order valence-corrected chi connectivity index (χ3v) is 2.66. The Hall–Kier alpha value is -0.970. The van der Waals surface area contributed by atoms with Crippen molar-refractivity contribution in [3.8, 4) is 0 Å². The molecule has 1 unspecified atom stereocenters. The van der Waals surface area contributed by atoms with Crippen molar-refractivity contribution in [1.29, 1.82) is 0 Å². The standard InChI is InChI=1S/C10H14F2N2O/c1-6-9(10(11)12)15-8(14-6)5-7-3-2-4-13-7/h7,10,13H,2-5H2,1H3. The van der Waals surface area contributed by atoms with Gasteiger partial charge in [-0.05, 0) is 26.3 Å². The van der Waals surface area contributed by atoms with Crippen LogP contribution < -0.4 is 5.32 Å². The van der Waals surface area contributed by atoms with Gasteiger partial charge in [-0.1, -0.05) is 0 Å². The van der Waals surface area contributed by atoms with Gasteiger partial charge in [0, 0.05) is 12.5 Å². The van der Waals surface area contributed by atoms with Gasteiger partial charge in [-0.15, -0.1) is 0 Å². The van der Waals surface area contributed by atoms with Gasteiger partial charge in [-0.2, -0.15) is 0 Å². The molecular formula is C10H14F2N2O. The van der Waals surface area contributed by atoms with E-state index in [4.69, 9.17) is 4.42 Å². The highest BCUT2D eigenvalue weighted by atomic mass is 19.3. The first-order chi connectivity index (χ1) is 7.16. The molecule has 1 aromatic heterocycles. The van der Waals surface area contributed by atoms with Gasteiger partial charge >= 0.3 is 0 Å². The fourth-order valence-electron chi connectivity index (χ4n) is 1.90. The van der Waals surface area contributed by atoms with Gasteiger partial charge in [-0.3, -0.25) is 0 Å². The van der Waals surface area contributed by atoms with Crippen LogP contribution >= 0.6 is 0 Å². The molecule has 15 heavy (non-hydrogen) atoms. The van der Waals surface area contributed by atoms with Crippen molar-refractivity contribution in [2.75, 3.05) is 6.54 Å². The molecule has 0 radical (unpaired) electrons. The minimum Gasteiger partial charge on any atom is -0.439 e. The van der Waals surface area contributed by atoms with Crippen LogP contribution in [0.15, 0.2) is 4.42 Å². The first-order valence-electron chi connectivity index (χ1n) is 5.14. The Morgan fingerprint density at radius 1 is 1.60 bits per heavy atom. The third-order valence-electron chi connectivity index (χ3n) is 2.66. The number of aryl methyl sites for hydroxylation is 1. The number of nitrogens with one attached hydrogen (secondary N) is 1. The molecule has 84 valence electrons. The molecule has 0 aliphatic carbocycles. The van der Waals surface area contributed by atoms with Gasteiger partial charge in [0.2, 0.25) is 0 Å². The molecule has 5 heteroatoms. The summed E-state index contributed by atoms with van der Waals surface area (Å²) in [5.74, 6) is 0.130. The maximum atomic E-state index is 12.4. The number of nitrogens with zero attached hydrogens (tertiary/aromatic N) is 1. The molecule has 1 aliphatic rings. The topological polar surface area (TPSA) is 38.1 Å². The number of oxazole rings is 1. The van der Waals surface area contributed by atoms with E-state index in [1.165, 1.54) is 0 Å². The SMILES string of the molecule is Cc1nc(CC2CCCN2)oc1C(F)F. The first kappa shape index (κ1) is 10.5. The molecule has 1 atom stereocenters. The highest BCUT2D eigenvalue weighted by Gasteiger charge is 2.22. The number of rotatable bonds is 3. The fourth-order valence-corrected chi connectivity index (χ4v) is 1.90. The van der Waals surface area contributed by atoms with Gasteiger partial charge < -0.3 is 9.73 Å². The molecule has 3 nitrogen and oxygen atoms in total. The van der Waals surface area contributed by atoms with Crippen molar-refractivity contribution >= 4 is 0 Å². The van der Waals surface area contributed by atoms with E-state index in [-0.39, 0.29) is 5.76 Å². The van der Waals surface area contributed by atoms with Crippen LogP contribution in [0.4, 0.5) is 8.78 Å². The summed E-state index contributed by atoms with van der Waals surface area (Å²) in [7, 11) is 0. The van der Waals surface area contributed by atoms with Crippen molar-refractivity contribution in [3.05, 3.63) is 17.3 Å². The minimum atomic E-state index is -2.57. The van der Waals surface area contributed by atoms with E-state index in [1.54, 1.807) is 6.92 Å². The lowest BCUT2D eigenvalue weighted by molar-refractivity contribution is 0.118. The smallest absolute Gasteiger partial charge is 0.297 e. The molecule has 2 rings (SSSR count). The lowest BCUT2D eigenvalue weighted by atomic mass is 10.2. The normalized spacial score (nSPS) is 21.5. The molecule has 2 heterocycles. The van der Waals surface area contributed by atoms with E-state index >= 15 is 0 Å². The van der Waals surface area contributed by atoms with Crippen molar-refractivity contribution < 1.29 is 13.2 Å². The third kappa shape index (κ3) is 2.34. The summed E-state index contributed by atoms with van der Waals surface area (Å²) in [6, 6.07) is 0.327. The van der Waals surface area contributed by atoms with Crippen LogP contribution in [0.5, 0.6) is 0 Å². The lowest BCUT2D eigenvalue weighted by Crippen LogP contribution is -2.23. The zero-order valence-electron chi connectivity index (χ0n) is 8.59. The lowest BCUT2D eigenvalue weighted by Gasteiger charge is -2.05. The predicted molar refractivity (Wildman–Crippen MR) is 50.9 cm³/mol. The molecule has 1 N–H and O–H groups in total. The Labute approximate surface area is 86.9 Å². The summed E-state index contributed by atoms with van der Waals surface area (Å²) in [4.78, 5) is 4.01. The van der Waals surface area contributed by atoms with E-state index in [0.717, 1.165) is 19.4 Å². The summed E-state index contributed by atoms with van der Waals surface area (Å²) < 4.78 is 29.8. The molecule has 0 aromatic carbocycles. The number of halogens is 2. The van der Waals surface area contributed by atoms with E-state index in [9.17, 15) is 8.78 Å². The van der Waals surface area contributed by atoms with Crippen LogP contribution in [-0.2, 0) is 6.42 Å². The van der Waals surface area contributed by atoms with Gasteiger partial charge in [0.1, 0.15) is 0 Å². The van der Waals surface area contributed by atoms with Gasteiger partial charge in [0.15, 0.2) is 11.7 Å². The molecule has 0 spiro atoms. The highest BCUT2D eigenvalue weighted by Crippen LogP contribution is 2.24. The molecule has 1 fully saturated rings. The summed E-state index contributed by atoms with van der Waals surface area (Å²) in [6.07, 6.45) is 0.230. The Morgan fingerprint density at radius 3 is 2.93 bits per heavy atom. The number of alkyl halides is 2. The van der Waals surface area contributed by atoms with Crippen molar-refractivity contribution in [1.82, 2.24) is 10.3 Å². The fraction of sp³-hybridized carbons (Fsp3) is 0.700. The highest BCUT2D eigenvalue weighted by molar-refractivity contribution is 5.09. The van der Waals surface area contributed by atoms with E-state index in [0.29, 0.717) is 24.0 Å². The summed E-state index contributed by atoms with van der Waals surface area (Å²) in [5, 5.41) is 3.28. The van der Waals surface area contributed by atoms with Gasteiger partial charge in [0.25, 0.3) is 6.43 Å². The van der Waals surface area contributed by atoms with Gasteiger partial charge in [0.05, 0.1) is 5.69 Å².